The van der Waals surface area contributed by atoms with Crippen molar-refractivity contribution in [1.82, 2.24) is 14.7 Å². The number of aromatic nitrogens is 3. The summed E-state index contributed by atoms with van der Waals surface area (Å²) in [7, 11) is 0. The van der Waals surface area contributed by atoms with Crippen LogP contribution in [0.15, 0.2) is 30.3 Å². The van der Waals surface area contributed by atoms with E-state index in [0.29, 0.717) is 0 Å². The normalized spacial score (nSPS) is 15.0. The van der Waals surface area contributed by atoms with E-state index < -0.39 is 0 Å². The maximum Gasteiger partial charge on any atom is 0.160 e. The van der Waals surface area contributed by atoms with Crippen LogP contribution in [0, 0.1) is 6.92 Å². The molecule has 0 radical (unpaired) electrons. The van der Waals surface area contributed by atoms with Gasteiger partial charge in [0.1, 0.15) is 16.9 Å². The van der Waals surface area contributed by atoms with E-state index in [2.05, 4.69) is 11.8 Å². The van der Waals surface area contributed by atoms with Crippen molar-refractivity contribution in [2.24, 2.45) is 0 Å². The third-order valence-electron chi connectivity index (χ3n) is 5.03. The number of nitrogens with zero attached hydrogens (tertiary/aromatic N) is 4. The fourth-order valence-electron chi connectivity index (χ4n) is 3.86. The smallest absolute Gasteiger partial charge is 0.160 e. The Kier molecular flexibility index (Phi) is 4.07. The van der Waals surface area contributed by atoms with Crippen molar-refractivity contribution in [2.75, 3.05) is 18.0 Å². The quantitative estimate of drug-likeness (QED) is 0.729. The molecule has 0 saturated carbocycles. The fraction of sp³-hybridized carbons (Fsp3) is 0.400. The molecule has 0 amide bonds. The highest BCUT2D eigenvalue weighted by molar-refractivity contribution is 5.95. The van der Waals surface area contributed by atoms with E-state index in [1.807, 2.05) is 37.3 Å². The highest BCUT2D eigenvalue weighted by atomic mass is 16.5. The molecule has 5 heteroatoms. The van der Waals surface area contributed by atoms with E-state index in [0.717, 1.165) is 59.0 Å². The van der Waals surface area contributed by atoms with Crippen molar-refractivity contribution in [2.45, 2.75) is 39.5 Å². The van der Waals surface area contributed by atoms with Crippen molar-refractivity contribution in [3.8, 4) is 11.3 Å². The van der Waals surface area contributed by atoms with Crippen LogP contribution in [-0.4, -0.2) is 33.0 Å². The van der Waals surface area contributed by atoms with Crippen LogP contribution < -0.4 is 4.90 Å². The first-order valence-electron chi connectivity index (χ1n) is 9.12. The minimum atomic E-state index is 0.739. The van der Waals surface area contributed by atoms with Gasteiger partial charge in [-0.1, -0.05) is 37.3 Å². The summed E-state index contributed by atoms with van der Waals surface area (Å²) in [5.74, 6) is 1.62. The summed E-state index contributed by atoms with van der Waals surface area (Å²) in [6.07, 6.45) is 4.41. The second-order valence-electron chi connectivity index (χ2n) is 6.70. The highest BCUT2D eigenvalue weighted by Gasteiger charge is 2.25. The third-order valence-corrected chi connectivity index (χ3v) is 5.03. The molecule has 0 unspecified atom stereocenters. The van der Waals surface area contributed by atoms with Crippen molar-refractivity contribution < 1.29 is 5.21 Å². The summed E-state index contributed by atoms with van der Waals surface area (Å²) in [6.45, 7) is 6.01. The molecule has 0 spiro atoms. The lowest BCUT2D eigenvalue weighted by Crippen LogP contribution is -2.31. The first kappa shape index (κ1) is 15.9. The van der Waals surface area contributed by atoms with E-state index in [4.69, 9.17) is 9.97 Å². The molecule has 1 aliphatic heterocycles. The van der Waals surface area contributed by atoms with Gasteiger partial charge in [-0.05, 0) is 32.6 Å². The van der Waals surface area contributed by atoms with E-state index in [-0.39, 0.29) is 0 Å². The molecular weight excluding hydrogens is 312 g/mol. The number of fused-ring (bicyclic) bond motifs is 1. The molecule has 4 rings (SSSR count). The topological polar surface area (TPSA) is 54.2 Å². The molecule has 1 saturated heterocycles. The van der Waals surface area contributed by atoms with Crippen molar-refractivity contribution >= 4 is 16.9 Å². The maximum absolute atomic E-state index is 11.1. The Bertz CT molecular complexity index is 895. The molecule has 25 heavy (non-hydrogen) atoms. The van der Waals surface area contributed by atoms with Gasteiger partial charge in [0.15, 0.2) is 5.82 Å². The number of benzene rings is 1. The molecule has 1 fully saturated rings. The Morgan fingerprint density at radius 3 is 2.44 bits per heavy atom. The summed E-state index contributed by atoms with van der Waals surface area (Å²) in [6, 6.07) is 10.0. The third kappa shape index (κ3) is 2.64. The van der Waals surface area contributed by atoms with Gasteiger partial charge in [-0.3, -0.25) is 0 Å². The van der Waals surface area contributed by atoms with Gasteiger partial charge < -0.3 is 10.1 Å². The molecule has 0 atom stereocenters. The van der Waals surface area contributed by atoms with Crippen molar-refractivity contribution in [3.05, 3.63) is 41.7 Å². The predicted molar refractivity (Wildman–Crippen MR) is 100 cm³/mol. The van der Waals surface area contributed by atoms with E-state index in [9.17, 15) is 5.21 Å². The van der Waals surface area contributed by atoms with E-state index in [1.165, 1.54) is 24.0 Å². The minimum absolute atomic E-state index is 0.739. The van der Waals surface area contributed by atoms with E-state index >= 15 is 0 Å². The summed E-state index contributed by atoms with van der Waals surface area (Å²) < 4.78 is 1.31. The van der Waals surface area contributed by atoms with Crippen molar-refractivity contribution in [3.63, 3.8) is 0 Å². The Labute approximate surface area is 147 Å². The first-order chi connectivity index (χ1) is 12.2. The highest BCUT2D eigenvalue weighted by Crippen LogP contribution is 2.36. The average Bonchev–Trinajstić information content (AvgIpc) is 2.94. The van der Waals surface area contributed by atoms with Crippen LogP contribution in [-0.2, 0) is 6.42 Å². The number of aryl methyl sites for hydroxylation is 2. The standard InChI is InChI=1S/C20H24N4O/c1-3-16-17-19(24(25)18(16)15-10-6-4-7-11-15)20(22-14(2)21-17)23-12-8-5-9-13-23/h4,6-7,10-11,25H,3,5,8-9,12-13H2,1-2H3. The zero-order valence-corrected chi connectivity index (χ0v) is 14.9. The van der Waals surface area contributed by atoms with Crippen LogP contribution in [0.5, 0.6) is 0 Å². The Morgan fingerprint density at radius 1 is 1.04 bits per heavy atom. The second kappa shape index (κ2) is 6.39. The molecule has 0 bridgehead atoms. The number of piperidine rings is 1. The van der Waals surface area contributed by atoms with Crippen LogP contribution in [0.4, 0.5) is 5.82 Å². The van der Waals surface area contributed by atoms with Crippen LogP contribution in [0.25, 0.3) is 22.3 Å². The van der Waals surface area contributed by atoms with Crippen LogP contribution in [0.2, 0.25) is 0 Å². The van der Waals surface area contributed by atoms with Gasteiger partial charge in [-0.2, -0.15) is 4.73 Å². The van der Waals surface area contributed by atoms with Crippen LogP contribution >= 0.6 is 0 Å². The molecule has 0 aliphatic carbocycles. The molecule has 1 aliphatic rings. The summed E-state index contributed by atoms with van der Waals surface area (Å²) in [5.41, 5.74) is 4.52. The largest absolute Gasteiger partial charge is 0.428 e. The van der Waals surface area contributed by atoms with Crippen LogP contribution in [0.1, 0.15) is 37.6 Å². The lowest BCUT2D eigenvalue weighted by molar-refractivity contribution is 0.204. The van der Waals surface area contributed by atoms with Gasteiger partial charge in [-0.15, -0.1) is 0 Å². The number of anilines is 1. The molecule has 3 aromatic rings. The Morgan fingerprint density at radius 2 is 1.76 bits per heavy atom. The zero-order chi connectivity index (χ0) is 17.4. The minimum Gasteiger partial charge on any atom is -0.428 e. The number of hydrogen-bond donors (Lipinski definition) is 1. The molecule has 1 aromatic carbocycles. The lowest BCUT2D eigenvalue weighted by Gasteiger charge is -2.28. The maximum atomic E-state index is 11.1. The van der Waals surface area contributed by atoms with E-state index in [1.54, 1.807) is 0 Å². The summed E-state index contributed by atoms with van der Waals surface area (Å²) >= 11 is 0. The van der Waals surface area contributed by atoms with Gasteiger partial charge in [0.05, 0.1) is 5.69 Å². The fourth-order valence-corrected chi connectivity index (χ4v) is 3.86. The monoisotopic (exact) mass is 336 g/mol. The number of rotatable bonds is 3. The van der Waals surface area contributed by atoms with Gasteiger partial charge in [0, 0.05) is 24.2 Å². The van der Waals surface area contributed by atoms with Gasteiger partial charge in [-0.25, -0.2) is 9.97 Å². The summed E-state index contributed by atoms with van der Waals surface area (Å²) in [5, 5.41) is 11.1. The molecule has 3 heterocycles. The summed E-state index contributed by atoms with van der Waals surface area (Å²) in [4.78, 5) is 11.7. The van der Waals surface area contributed by atoms with Crippen molar-refractivity contribution in [1.29, 1.82) is 0 Å². The lowest BCUT2D eigenvalue weighted by atomic mass is 10.1. The zero-order valence-electron chi connectivity index (χ0n) is 14.9. The number of hydrogen-bond acceptors (Lipinski definition) is 4. The molecule has 1 N–H and O–H groups in total. The van der Waals surface area contributed by atoms with Gasteiger partial charge in [0.2, 0.25) is 0 Å². The Hall–Kier alpha value is -2.56. The molecule has 2 aromatic heterocycles. The molecular formula is C20H24N4O. The average molecular weight is 336 g/mol. The predicted octanol–water partition coefficient (Wildman–Crippen LogP) is 4.20. The first-order valence-corrected chi connectivity index (χ1v) is 9.12. The second-order valence-corrected chi connectivity index (χ2v) is 6.70. The van der Waals surface area contributed by atoms with Crippen LogP contribution in [0.3, 0.4) is 0 Å². The Balaban J connectivity index is 2.01. The van der Waals surface area contributed by atoms with Gasteiger partial charge >= 0.3 is 0 Å². The van der Waals surface area contributed by atoms with Gasteiger partial charge in [0.25, 0.3) is 0 Å². The molecule has 130 valence electrons. The SMILES string of the molecule is CCc1c(-c2ccccc2)n(O)c2c(N3CCCCC3)nc(C)nc12. The molecule has 5 nitrogen and oxygen atoms in total.